The second-order valence-electron chi connectivity index (χ2n) is 5.66. The number of nitrogens with zero attached hydrogens (tertiary/aromatic N) is 1. The Balaban J connectivity index is 1.63. The van der Waals surface area contributed by atoms with E-state index in [2.05, 4.69) is 15.5 Å². The molecule has 1 aromatic heterocycles. The highest BCUT2D eigenvalue weighted by atomic mass is 35.5. The highest BCUT2D eigenvalue weighted by molar-refractivity contribution is 6.30. The maximum absolute atomic E-state index is 12.1. The molecule has 3 rings (SSSR count). The summed E-state index contributed by atoms with van der Waals surface area (Å²) in [6.07, 6.45) is 0.962. The molecule has 0 saturated carbocycles. The van der Waals surface area contributed by atoms with E-state index in [9.17, 15) is 4.79 Å². The van der Waals surface area contributed by atoms with Crippen LogP contribution in [0.4, 0.5) is 0 Å². The zero-order valence-electron chi connectivity index (χ0n) is 13.9. The van der Waals surface area contributed by atoms with Crippen LogP contribution in [0.5, 0.6) is 5.75 Å². The number of aromatic nitrogens is 1. The van der Waals surface area contributed by atoms with Crippen LogP contribution in [0.25, 0.3) is 10.9 Å². The van der Waals surface area contributed by atoms with Gasteiger partial charge in [-0.05, 0) is 44.2 Å². The highest BCUT2D eigenvalue weighted by Gasteiger charge is 2.14. The molecule has 128 valence electrons. The molecular formula is C19H18ClN3O2. The van der Waals surface area contributed by atoms with Gasteiger partial charge in [0.05, 0.1) is 6.21 Å². The van der Waals surface area contributed by atoms with Crippen LogP contribution in [-0.4, -0.2) is 23.2 Å². The fraction of sp³-hybridized carbons (Fsp3) is 0.158. The van der Waals surface area contributed by atoms with E-state index < -0.39 is 6.10 Å². The predicted octanol–water partition coefficient (Wildman–Crippen LogP) is 4.05. The van der Waals surface area contributed by atoms with E-state index in [4.69, 9.17) is 16.3 Å². The molecule has 1 heterocycles. The van der Waals surface area contributed by atoms with Crippen molar-refractivity contribution in [1.82, 2.24) is 10.4 Å². The number of fused-ring (bicyclic) bond motifs is 1. The number of carbonyl (C=O) groups is 1. The Bertz CT molecular complexity index is 916. The van der Waals surface area contributed by atoms with E-state index in [0.29, 0.717) is 10.8 Å². The first-order valence-corrected chi connectivity index (χ1v) is 8.25. The van der Waals surface area contributed by atoms with Gasteiger partial charge in [0.2, 0.25) is 0 Å². The first-order chi connectivity index (χ1) is 12.0. The minimum Gasteiger partial charge on any atom is -0.481 e. The normalized spacial score (nSPS) is 12.4. The average molecular weight is 356 g/mol. The van der Waals surface area contributed by atoms with E-state index in [1.807, 2.05) is 31.2 Å². The minimum atomic E-state index is -0.678. The molecule has 0 radical (unpaired) electrons. The van der Waals surface area contributed by atoms with Crippen LogP contribution in [0.2, 0.25) is 5.02 Å². The smallest absolute Gasteiger partial charge is 0.280 e. The lowest BCUT2D eigenvalue weighted by Gasteiger charge is -2.12. The predicted molar refractivity (Wildman–Crippen MR) is 100 cm³/mol. The Morgan fingerprint density at radius 2 is 1.96 bits per heavy atom. The summed E-state index contributed by atoms with van der Waals surface area (Å²) in [4.78, 5) is 15.4. The van der Waals surface area contributed by atoms with Crippen LogP contribution >= 0.6 is 11.6 Å². The number of ether oxygens (including phenoxy) is 1. The van der Waals surface area contributed by atoms with Crippen LogP contribution in [-0.2, 0) is 4.79 Å². The largest absolute Gasteiger partial charge is 0.481 e. The Kier molecular flexibility index (Phi) is 5.05. The Hall–Kier alpha value is -2.79. The standard InChI is InChI=1S/C19H18ClN3O2/c1-12-17(16-5-3-4-6-18(16)22-12)11-21-23-19(24)13(2)25-15-9-7-14(20)8-10-15/h3-11,13,22H,1-2H3,(H,23,24). The minimum absolute atomic E-state index is 0.330. The number of hydrazone groups is 1. The first-order valence-electron chi connectivity index (χ1n) is 7.87. The number of benzene rings is 2. The second-order valence-corrected chi connectivity index (χ2v) is 6.09. The van der Waals surface area contributed by atoms with Crippen molar-refractivity contribution in [2.75, 3.05) is 0 Å². The summed E-state index contributed by atoms with van der Waals surface area (Å²) >= 11 is 5.83. The fourth-order valence-corrected chi connectivity index (χ4v) is 2.61. The molecule has 6 heteroatoms. The van der Waals surface area contributed by atoms with Gasteiger partial charge in [-0.25, -0.2) is 5.43 Å². The van der Waals surface area contributed by atoms with Crippen LogP contribution in [0, 0.1) is 6.92 Å². The topological polar surface area (TPSA) is 66.5 Å². The van der Waals surface area contributed by atoms with Gasteiger partial charge in [0.15, 0.2) is 6.10 Å². The van der Waals surface area contributed by atoms with E-state index >= 15 is 0 Å². The number of aryl methyl sites for hydroxylation is 1. The second kappa shape index (κ2) is 7.40. The molecule has 25 heavy (non-hydrogen) atoms. The Morgan fingerprint density at radius 3 is 2.72 bits per heavy atom. The molecule has 1 amide bonds. The van der Waals surface area contributed by atoms with E-state index in [0.717, 1.165) is 22.2 Å². The van der Waals surface area contributed by atoms with Crippen molar-refractivity contribution < 1.29 is 9.53 Å². The molecule has 0 spiro atoms. The summed E-state index contributed by atoms with van der Waals surface area (Å²) in [6.45, 7) is 3.63. The summed E-state index contributed by atoms with van der Waals surface area (Å²) in [5.74, 6) is 0.243. The number of rotatable bonds is 5. The molecule has 0 fully saturated rings. The Labute approximate surface area is 150 Å². The summed E-state index contributed by atoms with van der Waals surface area (Å²) in [6, 6.07) is 14.8. The number of nitrogens with one attached hydrogen (secondary N) is 2. The van der Waals surface area contributed by atoms with Crippen LogP contribution in [0.15, 0.2) is 53.6 Å². The first kappa shape index (κ1) is 17.0. The maximum atomic E-state index is 12.1. The molecule has 2 N–H and O–H groups in total. The summed E-state index contributed by atoms with van der Waals surface area (Å²) in [5.41, 5.74) is 5.48. The maximum Gasteiger partial charge on any atom is 0.280 e. The molecule has 0 aliphatic heterocycles. The number of halogens is 1. The monoisotopic (exact) mass is 355 g/mol. The number of hydrogen-bond acceptors (Lipinski definition) is 3. The zero-order chi connectivity index (χ0) is 17.8. The number of aromatic amines is 1. The van der Waals surface area contributed by atoms with Crippen LogP contribution in [0.1, 0.15) is 18.2 Å². The van der Waals surface area contributed by atoms with Gasteiger partial charge in [-0.2, -0.15) is 5.10 Å². The van der Waals surface area contributed by atoms with Gasteiger partial charge in [-0.1, -0.05) is 29.8 Å². The van der Waals surface area contributed by atoms with E-state index in [1.165, 1.54) is 0 Å². The Morgan fingerprint density at radius 1 is 1.24 bits per heavy atom. The molecule has 1 unspecified atom stereocenters. The molecule has 0 aliphatic carbocycles. The number of para-hydroxylation sites is 1. The van der Waals surface area contributed by atoms with Crippen molar-refractivity contribution in [2.45, 2.75) is 20.0 Å². The molecule has 0 saturated heterocycles. The molecule has 0 aliphatic rings. The summed E-state index contributed by atoms with van der Waals surface area (Å²) in [5, 5.41) is 5.73. The average Bonchev–Trinajstić information content (AvgIpc) is 2.92. The van der Waals surface area contributed by atoms with Crippen molar-refractivity contribution in [3.63, 3.8) is 0 Å². The number of amides is 1. The van der Waals surface area contributed by atoms with Gasteiger partial charge < -0.3 is 9.72 Å². The lowest BCUT2D eigenvalue weighted by Crippen LogP contribution is -2.33. The van der Waals surface area contributed by atoms with Gasteiger partial charge in [-0.3, -0.25) is 4.79 Å². The van der Waals surface area contributed by atoms with Crippen molar-refractivity contribution in [3.8, 4) is 5.75 Å². The lowest BCUT2D eigenvalue weighted by atomic mass is 10.1. The number of carbonyl (C=O) groups excluding carboxylic acids is 1. The van der Waals surface area contributed by atoms with Crippen molar-refractivity contribution in [3.05, 3.63) is 64.8 Å². The third kappa shape index (κ3) is 4.00. The van der Waals surface area contributed by atoms with Crippen molar-refractivity contribution in [2.24, 2.45) is 5.10 Å². The highest BCUT2D eigenvalue weighted by Crippen LogP contribution is 2.20. The summed E-state index contributed by atoms with van der Waals surface area (Å²) < 4.78 is 5.56. The fourth-order valence-electron chi connectivity index (χ4n) is 2.49. The van der Waals surface area contributed by atoms with Gasteiger partial charge in [0.1, 0.15) is 5.75 Å². The molecule has 0 bridgehead atoms. The lowest BCUT2D eigenvalue weighted by molar-refractivity contribution is -0.127. The number of H-pyrrole nitrogens is 1. The van der Waals surface area contributed by atoms with Crippen molar-refractivity contribution >= 4 is 34.6 Å². The third-order valence-electron chi connectivity index (χ3n) is 3.81. The molecule has 1 atom stereocenters. The number of hydrogen-bond donors (Lipinski definition) is 2. The molecule has 5 nitrogen and oxygen atoms in total. The quantitative estimate of drug-likeness (QED) is 0.535. The zero-order valence-corrected chi connectivity index (χ0v) is 14.7. The van der Waals surface area contributed by atoms with Crippen LogP contribution < -0.4 is 10.2 Å². The third-order valence-corrected chi connectivity index (χ3v) is 4.06. The van der Waals surface area contributed by atoms with Gasteiger partial charge >= 0.3 is 0 Å². The van der Waals surface area contributed by atoms with Crippen molar-refractivity contribution in [1.29, 1.82) is 0 Å². The SMILES string of the molecule is Cc1[nH]c2ccccc2c1C=NNC(=O)C(C)Oc1ccc(Cl)cc1. The van der Waals surface area contributed by atoms with E-state index in [1.54, 1.807) is 37.4 Å². The van der Waals surface area contributed by atoms with Gasteiger partial charge in [0, 0.05) is 27.2 Å². The van der Waals surface area contributed by atoms with Crippen LogP contribution in [0.3, 0.4) is 0 Å². The molecule has 3 aromatic rings. The van der Waals surface area contributed by atoms with Gasteiger partial charge in [0.25, 0.3) is 5.91 Å². The molecular weight excluding hydrogens is 338 g/mol. The van der Waals surface area contributed by atoms with E-state index in [-0.39, 0.29) is 5.91 Å². The molecule has 2 aromatic carbocycles. The summed E-state index contributed by atoms with van der Waals surface area (Å²) in [7, 11) is 0. The van der Waals surface area contributed by atoms with Gasteiger partial charge in [-0.15, -0.1) is 0 Å².